The number of halogens is 1. The second-order valence-electron chi connectivity index (χ2n) is 7.12. The maximum atomic E-state index is 12.8. The smallest absolute Gasteiger partial charge is 0.251 e. The Bertz CT molecular complexity index is 714. The monoisotopic (exact) mass is 386 g/mol. The van der Waals surface area contributed by atoms with E-state index >= 15 is 0 Å². The molecule has 2 rings (SSSR count). The zero-order chi connectivity index (χ0) is 20.4. The van der Waals surface area contributed by atoms with Gasteiger partial charge in [0.2, 0.25) is 0 Å². The minimum atomic E-state index is -0.272. The van der Waals surface area contributed by atoms with Gasteiger partial charge in [-0.1, -0.05) is 19.1 Å². The predicted octanol–water partition coefficient (Wildman–Crippen LogP) is 4.65. The normalized spacial score (nSPS) is 11.1. The third-order valence-corrected chi connectivity index (χ3v) is 4.68. The summed E-state index contributed by atoms with van der Waals surface area (Å²) in [7, 11) is 0. The van der Waals surface area contributed by atoms with Gasteiger partial charge in [-0.05, 0) is 75.2 Å². The second kappa shape index (κ2) is 11.4. The highest BCUT2D eigenvalue weighted by atomic mass is 19.1. The standard InChI is InChI=1S/C23H31FN2O2/c1-4-26(18(2)3)17-19-7-9-20(10-8-19)23(27)25-15-5-6-16-28-22-13-11-21(24)12-14-22/h7-14,18H,4-6,15-17H2,1-3H3,(H,25,27). The van der Waals surface area contributed by atoms with Crippen LogP contribution in [-0.2, 0) is 6.54 Å². The van der Waals surface area contributed by atoms with Gasteiger partial charge >= 0.3 is 0 Å². The van der Waals surface area contributed by atoms with Gasteiger partial charge in [0.1, 0.15) is 11.6 Å². The van der Waals surface area contributed by atoms with Crippen molar-refractivity contribution in [2.45, 2.75) is 46.2 Å². The first-order valence-corrected chi connectivity index (χ1v) is 9.99. The number of hydrogen-bond acceptors (Lipinski definition) is 3. The summed E-state index contributed by atoms with van der Waals surface area (Å²) in [4.78, 5) is 14.6. The lowest BCUT2D eigenvalue weighted by Gasteiger charge is -2.24. The summed E-state index contributed by atoms with van der Waals surface area (Å²) >= 11 is 0. The number of unbranched alkanes of at least 4 members (excludes halogenated alkanes) is 1. The fraction of sp³-hybridized carbons (Fsp3) is 0.435. The molecule has 0 saturated carbocycles. The van der Waals surface area contributed by atoms with E-state index in [1.165, 1.54) is 17.7 Å². The molecule has 2 aromatic rings. The lowest BCUT2D eigenvalue weighted by atomic mass is 10.1. The fourth-order valence-corrected chi connectivity index (χ4v) is 2.91. The van der Waals surface area contributed by atoms with Crippen molar-refractivity contribution in [1.29, 1.82) is 0 Å². The Morgan fingerprint density at radius 2 is 1.75 bits per heavy atom. The lowest BCUT2D eigenvalue weighted by molar-refractivity contribution is 0.0952. The van der Waals surface area contributed by atoms with E-state index in [2.05, 4.69) is 31.0 Å². The number of rotatable bonds is 11. The maximum absolute atomic E-state index is 12.8. The Morgan fingerprint density at radius 1 is 1.07 bits per heavy atom. The summed E-state index contributed by atoms with van der Waals surface area (Å²) in [6, 6.07) is 14.3. The van der Waals surface area contributed by atoms with Crippen molar-refractivity contribution in [3.8, 4) is 5.75 Å². The average molecular weight is 387 g/mol. The minimum absolute atomic E-state index is 0.0535. The first kappa shape index (κ1) is 21.9. The molecule has 1 amide bonds. The van der Waals surface area contributed by atoms with Crippen LogP contribution in [0.4, 0.5) is 4.39 Å². The van der Waals surface area contributed by atoms with E-state index in [4.69, 9.17) is 4.74 Å². The second-order valence-corrected chi connectivity index (χ2v) is 7.12. The summed E-state index contributed by atoms with van der Waals surface area (Å²) in [6.45, 7) is 9.58. The molecule has 0 saturated heterocycles. The molecule has 0 heterocycles. The molecule has 0 radical (unpaired) electrons. The van der Waals surface area contributed by atoms with E-state index in [9.17, 15) is 9.18 Å². The Balaban J connectivity index is 1.66. The summed E-state index contributed by atoms with van der Waals surface area (Å²) < 4.78 is 18.4. The summed E-state index contributed by atoms with van der Waals surface area (Å²) in [5.74, 6) is 0.331. The van der Waals surface area contributed by atoms with Crippen LogP contribution < -0.4 is 10.1 Å². The van der Waals surface area contributed by atoms with Crippen LogP contribution in [0.25, 0.3) is 0 Å². The fourth-order valence-electron chi connectivity index (χ4n) is 2.91. The number of carbonyl (C=O) groups excluding carboxylic acids is 1. The first-order chi connectivity index (χ1) is 13.5. The molecule has 4 nitrogen and oxygen atoms in total. The molecule has 5 heteroatoms. The van der Waals surface area contributed by atoms with E-state index in [1.807, 2.05) is 24.3 Å². The first-order valence-electron chi connectivity index (χ1n) is 9.99. The van der Waals surface area contributed by atoms with Gasteiger partial charge in [0.25, 0.3) is 5.91 Å². The summed E-state index contributed by atoms with van der Waals surface area (Å²) in [5, 5.41) is 2.94. The highest BCUT2D eigenvalue weighted by Gasteiger charge is 2.09. The van der Waals surface area contributed by atoms with Gasteiger partial charge in [-0.15, -0.1) is 0 Å². The third-order valence-electron chi connectivity index (χ3n) is 4.68. The van der Waals surface area contributed by atoms with Gasteiger partial charge in [0.15, 0.2) is 0 Å². The Kier molecular flexibility index (Phi) is 8.95. The molecule has 0 aromatic heterocycles. The van der Waals surface area contributed by atoms with Crippen molar-refractivity contribution in [2.75, 3.05) is 19.7 Å². The quantitative estimate of drug-likeness (QED) is 0.572. The van der Waals surface area contributed by atoms with Gasteiger partial charge in [-0.3, -0.25) is 9.69 Å². The highest BCUT2D eigenvalue weighted by Crippen LogP contribution is 2.12. The van der Waals surface area contributed by atoms with E-state index in [0.717, 1.165) is 25.9 Å². The third kappa shape index (κ3) is 7.31. The van der Waals surface area contributed by atoms with Crippen LogP contribution >= 0.6 is 0 Å². The largest absolute Gasteiger partial charge is 0.494 e. The van der Waals surface area contributed by atoms with E-state index in [0.29, 0.717) is 30.5 Å². The zero-order valence-corrected chi connectivity index (χ0v) is 17.1. The van der Waals surface area contributed by atoms with Gasteiger partial charge < -0.3 is 10.1 Å². The topological polar surface area (TPSA) is 41.6 Å². The molecule has 0 atom stereocenters. The number of ether oxygens (including phenoxy) is 1. The van der Waals surface area contributed by atoms with Crippen molar-refractivity contribution in [3.05, 3.63) is 65.5 Å². The number of nitrogens with zero attached hydrogens (tertiary/aromatic N) is 1. The van der Waals surface area contributed by atoms with E-state index in [1.54, 1.807) is 12.1 Å². The van der Waals surface area contributed by atoms with E-state index in [-0.39, 0.29) is 11.7 Å². The number of amides is 1. The van der Waals surface area contributed by atoms with Crippen LogP contribution in [0.1, 0.15) is 49.5 Å². The lowest BCUT2D eigenvalue weighted by Crippen LogP contribution is -2.30. The summed E-state index contributed by atoms with van der Waals surface area (Å²) in [6.07, 6.45) is 1.64. The van der Waals surface area contributed by atoms with Gasteiger partial charge in [0.05, 0.1) is 6.61 Å². The van der Waals surface area contributed by atoms with E-state index < -0.39 is 0 Å². The van der Waals surface area contributed by atoms with Crippen LogP contribution in [-0.4, -0.2) is 36.5 Å². The number of carbonyl (C=O) groups is 1. The molecule has 0 unspecified atom stereocenters. The predicted molar refractivity (Wildman–Crippen MR) is 111 cm³/mol. The SMILES string of the molecule is CCN(Cc1ccc(C(=O)NCCCCOc2ccc(F)cc2)cc1)C(C)C. The zero-order valence-electron chi connectivity index (χ0n) is 17.1. The molecule has 28 heavy (non-hydrogen) atoms. The van der Waals surface area contributed by atoms with Crippen molar-refractivity contribution >= 4 is 5.91 Å². The molecule has 0 aliphatic rings. The van der Waals surface area contributed by atoms with Gasteiger partial charge in [0, 0.05) is 24.7 Å². The maximum Gasteiger partial charge on any atom is 0.251 e. The molecule has 1 N–H and O–H groups in total. The Morgan fingerprint density at radius 3 is 2.36 bits per heavy atom. The molecule has 152 valence electrons. The number of hydrogen-bond donors (Lipinski definition) is 1. The van der Waals surface area contributed by atoms with Crippen LogP contribution in [0.2, 0.25) is 0 Å². The molecule has 0 aliphatic carbocycles. The molecular formula is C23H31FN2O2. The Hall–Kier alpha value is -2.40. The van der Waals surface area contributed by atoms with Crippen molar-refractivity contribution in [2.24, 2.45) is 0 Å². The van der Waals surface area contributed by atoms with Crippen LogP contribution in [0, 0.1) is 5.82 Å². The number of benzene rings is 2. The van der Waals surface area contributed by atoms with Crippen molar-refractivity contribution < 1.29 is 13.9 Å². The van der Waals surface area contributed by atoms with Gasteiger partial charge in [-0.25, -0.2) is 4.39 Å². The van der Waals surface area contributed by atoms with Crippen molar-refractivity contribution in [3.63, 3.8) is 0 Å². The van der Waals surface area contributed by atoms with Crippen LogP contribution in [0.3, 0.4) is 0 Å². The molecule has 2 aromatic carbocycles. The van der Waals surface area contributed by atoms with Crippen LogP contribution in [0.15, 0.2) is 48.5 Å². The average Bonchev–Trinajstić information content (AvgIpc) is 2.70. The summed E-state index contributed by atoms with van der Waals surface area (Å²) in [5.41, 5.74) is 1.89. The molecular weight excluding hydrogens is 355 g/mol. The molecule has 0 spiro atoms. The van der Waals surface area contributed by atoms with Crippen molar-refractivity contribution in [1.82, 2.24) is 10.2 Å². The number of nitrogens with one attached hydrogen (secondary N) is 1. The Labute approximate surface area is 167 Å². The molecule has 0 fully saturated rings. The highest BCUT2D eigenvalue weighted by molar-refractivity contribution is 5.94. The minimum Gasteiger partial charge on any atom is -0.494 e. The molecule has 0 aliphatic heterocycles. The van der Waals surface area contributed by atoms with Gasteiger partial charge in [-0.2, -0.15) is 0 Å². The molecule has 0 bridgehead atoms. The van der Waals surface area contributed by atoms with Crippen LogP contribution in [0.5, 0.6) is 5.75 Å².